The minimum atomic E-state index is -3.46. The predicted molar refractivity (Wildman–Crippen MR) is 148 cm³/mol. The molecule has 214 valence electrons. The van der Waals surface area contributed by atoms with Gasteiger partial charge in [0, 0.05) is 60.3 Å². The zero-order valence-electron chi connectivity index (χ0n) is 22.2. The number of rotatable bonds is 8. The van der Waals surface area contributed by atoms with Crippen LogP contribution in [0.5, 0.6) is 0 Å². The van der Waals surface area contributed by atoms with E-state index in [2.05, 4.69) is 15.2 Å². The number of benzene rings is 1. The highest BCUT2D eigenvalue weighted by molar-refractivity contribution is 7.94. The van der Waals surface area contributed by atoms with Gasteiger partial charge in [0.25, 0.3) is 0 Å². The minimum Gasteiger partial charge on any atom is -0.478 e. The predicted octanol–water partition coefficient (Wildman–Crippen LogP) is 3.04. The summed E-state index contributed by atoms with van der Waals surface area (Å²) in [5.41, 5.74) is 1.19. The SMILES string of the molecule is CC1N(CCCCN2CCN(c3csc4cc(F)ccc34)CC2)C(=O)C(C)(C)S1(=O)=O.O=C(O)/C=C\C(=O)O. The van der Waals surface area contributed by atoms with E-state index < -0.39 is 31.9 Å². The standard InChI is InChI=1S/C22H30FN3O3S2.C4H4O4/c1-16-26(21(27)22(2,3)31(16,28)29)9-5-4-8-24-10-12-25(13-11-24)19-15-30-20-14-17(23)6-7-18(19)20;5-3(6)1-2-4(7)8/h6-7,14-16H,4-5,8-13H2,1-3H3;1-2H,(H,5,6)(H,7,8)/b;2-1-. The summed E-state index contributed by atoms with van der Waals surface area (Å²) in [7, 11) is -3.46. The molecule has 39 heavy (non-hydrogen) atoms. The second-order valence-electron chi connectivity index (χ2n) is 9.96. The van der Waals surface area contributed by atoms with E-state index in [-0.39, 0.29) is 11.7 Å². The molecule has 2 aliphatic heterocycles. The summed E-state index contributed by atoms with van der Waals surface area (Å²) in [5, 5.41) is 18.1. The molecule has 4 rings (SSSR count). The van der Waals surface area contributed by atoms with Gasteiger partial charge in [-0.3, -0.25) is 9.69 Å². The van der Waals surface area contributed by atoms with E-state index in [1.165, 1.54) is 30.5 Å². The first-order chi connectivity index (χ1) is 18.3. The van der Waals surface area contributed by atoms with Crippen LogP contribution in [0.25, 0.3) is 10.1 Å². The summed E-state index contributed by atoms with van der Waals surface area (Å²) in [4.78, 5) is 37.9. The summed E-state index contributed by atoms with van der Waals surface area (Å²) in [6, 6.07) is 4.98. The third kappa shape index (κ3) is 6.95. The molecule has 1 atom stereocenters. The molecule has 1 unspecified atom stereocenters. The fraction of sp³-hybridized carbons (Fsp3) is 0.500. The third-order valence-electron chi connectivity index (χ3n) is 7.10. The van der Waals surface area contributed by atoms with Crippen molar-refractivity contribution in [2.45, 2.75) is 43.7 Å². The van der Waals surface area contributed by atoms with Crippen LogP contribution in [0.2, 0.25) is 0 Å². The molecule has 2 N–H and O–H groups in total. The maximum atomic E-state index is 13.4. The molecule has 0 saturated carbocycles. The number of sulfone groups is 1. The van der Waals surface area contributed by atoms with Gasteiger partial charge < -0.3 is 20.0 Å². The molecule has 2 fully saturated rings. The number of halogens is 1. The molecule has 0 spiro atoms. The number of unbranched alkanes of at least 4 members (excludes halogenated alkanes) is 1. The van der Waals surface area contributed by atoms with E-state index >= 15 is 0 Å². The number of nitrogens with zero attached hydrogens (tertiary/aromatic N) is 3. The first kappa shape index (κ1) is 30.5. The maximum Gasteiger partial charge on any atom is 0.328 e. The lowest BCUT2D eigenvalue weighted by atomic mass is 10.1. The molecule has 1 aromatic heterocycles. The molecular weight excluding hydrogens is 549 g/mol. The van der Waals surface area contributed by atoms with Crippen LogP contribution in [0.1, 0.15) is 33.6 Å². The van der Waals surface area contributed by atoms with Crippen molar-refractivity contribution in [2.24, 2.45) is 0 Å². The van der Waals surface area contributed by atoms with Gasteiger partial charge in [0.1, 0.15) is 15.9 Å². The number of carbonyl (C=O) groups excluding carboxylic acids is 1. The summed E-state index contributed by atoms with van der Waals surface area (Å²) in [6.45, 7) is 9.83. The van der Waals surface area contributed by atoms with Crippen LogP contribution >= 0.6 is 11.3 Å². The molecule has 0 bridgehead atoms. The largest absolute Gasteiger partial charge is 0.478 e. The highest BCUT2D eigenvalue weighted by atomic mass is 32.2. The van der Waals surface area contributed by atoms with Gasteiger partial charge in [0.05, 0.1) is 5.69 Å². The van der Waals surface area contributed by atoms with E-state index in [1.807, 2.05) is 6.07 Å². The van der Waals surface area contributed by atoms with Crippen LogP contribution in [0.4, 0.5) is 10.1 Å². The maximum absolute atomic E-state index is 13.4. The minimum absolute atomic E-state index is 0.197. The second kappa shape index (κ2) is 12.4. The number of carboxylic acid groups (broad SMARTS) is 2. The van der Waals surface area contributed by atoms with Crippen molar-refractivity contribution in [3.8, 4) is 0 Å². The van der Waals surface area contributed by atoms with E-state index in [9.17, 15) is 27.2 Å². The van der Waals surface area contributed by atoms with Gasteiger partial charge in [0.2, 0.25) is 5.91 Å². The Morgan fingerprint density at radius 2 is 1.67 bits per heavy atom. The normalized spacial score (nSPS) is 20.8. The van der Waals surface area contributed by atoms with E-state index in [1.54, 1.807) is 24.3 Å². The molecule has 2 aliphatic rings. The first-order valence-corrected chi connectivity index (χ1v) is 15.0. The number of hydrogen-bond acceptors (Lipinski definition) is 8. The average Bonchev–Trinajstić information content (AvgIpc) is 3.34. The van der Waals surface area contributed by atoms with Crippen molar-refractivity contribution >= 4 is 54.8 Å². The Morgan fingerprint density at radius 3 is 2.21 bits per heavy atom. The molecule has 0 radical (unpaired) electrons. The van der Waals surface area contributed by atoms with Gasteiger partial charge in [-0.2, -0.15) is 0 Å². The lowest BCUT2D eigenvalue weighted by molar-refractivity contribution is -0.134. The Bertz CT molecular complexity index is 1330. The van der Waals surface area contributed by atoms with Gasteiger partial charge >= 0.3 is 11.9 Å². The number of piperazine rings is 1. The summed E-state index contributed by atoms with van der Waals surface area (Å²) < 4.78 is 38.0. The molecular formula is C26H34FN3O7S2. The smallest absolute Gasteiger partial charge is 0.328 e. The number of aliphatic carboxylic acids is 2. The molecule has 13 heteroatoms. The molecule has 1 aromatic carbocycles. The molecule has 1 amide bonds. The van der Waals surface area contributed by atoms with Crippen molar-refractivity contribution in [3.63, 3.8) is 0 Å². The van der Waals surface area contributed by atoms with Gasteiger partial charge in [0.15, 0.2) is 9.84 Å². The Labute approximate surface area is 231 Å². The van der Waals surface area contributed by atoms with E-state index in [0.717, 1.165) is 55.7 Å². The Kier molecular flexibility index (Phi) is 9.73. The Balaban J connectivity index is 0.000000459. The quantitative estimate of drug-likeness (QED) is 0.355. The van der Waals surface area contributed by atoms with Crippen LogP contribution < -0.4 is 4.90 Å². The van der Waals surface area contributed by atoms with Crippen LogP contribution in [-0.2, 0) is 24.2 Å². The zero-order valence-corrected chi connectivity index (χ0v) is 23.8. The summed E-state index contributed by atoms with van der Waals surface area (Å²) in [5.74, 6) is -2.99. The third-order valence-corrected chi connectivity index (χ3v) is 10.8. The summed E-state index contributed by atoms with van der Waals surface area (Å²) in [6.07, 6.45) is 2.84. The van der Waals surface area contributed by atoms with Crippen LogP contribution in [0.15, 0.2) is 35.7 Å². The van der Waals surface area contributed by atoms with E-state index in [4.69, 9.17) is 10.2 Å². The van der Waals surface area contributed by atoms with Gasteiger partial charge in [-0.1, -0.05) is 0 Å². The highest BCUT2D eigenvalue weighted by Crippen LogP contribution is 2.35. The van der Waals surface area contributed by atoms with Crippen molar-refractivity contribution in [3.05, 3.63) is 41.5 Å². The monoisotopic (exact) mass is 583 g/mol. The highest BCUT2D eigenvalue weighted by Gasteiger charge is 2.56. The van der Waals surface area contributed by atoms with Crippen molar-refractivity contribution in [1.82, 2.24) is 9.80 Å². The zero-order chi connectivity index (χ0) is 29.0. The lowest BCUT2D eigenvalue weighted by Gasteiger charge is -2.36. The number of amides is 1. The van der Waals surface area contributed by atoms with Crippen LogP contribution in [-0.4, -0.2) is 95.7 Å². The summed E-state index contributed by atoms with van der Waals surface area (Å²) >= 11 is 1.58. The Morgan fingerprint density at radius 1 is 1.08 bits per heavy atom. The number of thiophene rings is 1. The lowest BCUT2D eigenvalue weighted by Crippen LogP contribution is -2.46. The van der Waals surface area contributed by atoms with Crippen LogP contribution in [0, 0.1) is 5.82 Å². The first-order valence-electron chi connectivity index (χ1n) is 12.6. The van der Waals surface area contributed by atoms with E-state index in [0.29, 0.717) is 18.7 Å². The van der Waals surface area contributed by atoms with Gasteiger partial charge in [-0.25, -0.2) is 22.4 Å². The molecule has 2 saturated heterocycles. The Hall–Kier alpha value is -3.03. The fourth-order valence-corrected chi connectivity index (χ4v) is 7.46. The van der Waals surface area contributed by atoms with Gasteiger partial charge in [-0.15, -0.1) is 11.3 Å². The van der Waals surface area contributed by atoms with Crippen molar-refractivity contribution in [2.75, 3.05) is 44.2 Å². The van der Waals surface area contributed by atoms with Crippen molar-refractivity contribution in [1.29, 1.82) is 0 Å². The number of carbonyl (C=O) groups is 3. The van der Waals surface area contributed by atoms with Crippen LogP contribution in [0.3, 0.4) is 0 Å². The molecule has 3 heterocycles. The number of fused-ring (bicyclic) bond motifs is 1. The molecule has 0 aliphatic carbocycles. The second-order valence-corrected chi connectivity index (χ2v) is 13.7. The molecule has 10 nitrogen and oxygen atoms in total. The molecule has 2 aromatic rings. The van der Waals surface area contributed by atoms with Gasteiger partial charge in [-0.05, 0) is 58.4 Å². The fourth-order valence-electron chi connectivity index (χ4n) is 4.72. The van der Waals surface area contributed by atoms with Crippen molar-refractivity contribution < 1.29 is 37.4 Å². The topological polar surface area (TPSA) is 136 Å². The number of carboxylic acids is 2. The number of hydrogen-bond donors (Lipinski definition) is 2. The average molecular weight is 584 g/mol. The number of anilines is 1.